The Kier molecular flexibility index (Phi) is 4.82. The SMILES string of the molecule is CC(NC(c1cccs1)C1CCCC1)c1csc(Cl)c1. The molecule has 1 saturated carbocycles. The highest BCUT2D eigenvalue weighted by molar-refractivity contribution is 7.14. The number of hydrogen-bond donors (Lipinski definition) is 1. The van der Waals surface area contributed by atoms with E-state index in [1.54, 1.807) is 11.3 Å². The smallest absolute Gasteiger partial charge is 0.0931 e. The summed E-state index contributed by atoms with van der Waals surface area (Å²) < 4.78 is 0.877. The fourth-order valence-corrected chi connectivity index (χ4v) is 4.99. The zero-order valence-electron chi connectivity index (χ0n) is 11.6. The lowest BCUT2D eigenvalue weighted by Gasteiger charge is -2.27. The molecule has 4 heteroatoms. The molecule has 1 aliphatic carbocycles. The maximum atomic E-state index is 6.06. The van der Waals surface area contributed by atoms with Gasteiger partial charge in [-0.1, -0.05) is 30.5 Å². The van der Waals surface area contributed by atoms with Crippen LogP contribution in [0.15, 0.2) is 29.0 Å². The number of thiophene rings is 2. The summed E-state index contributed by atoms with van der Waals surface area (Å²) in [5.74, 6) is 0.783. The highest BCUT2D eigenvalue weighted by Crippen LogP contribution is 2.39. The van der Waals surface area contributed by atoms with Gasteiger partial charge in [0.2, 0.25) is 0 Å². The molecule has 1 aliphatic rings. The largest absolute Gasteiger partial charge is 0.302 e. The molecular formula is C16H20ClNS2. The molecule has 2 atom stereocenters. The minimum atomic E-state index is 0.353. The Hall–Kier alpha value is -0.350. The average Bonchev–Trinajstić information content (AvgIpc) is 3.17. The second kappa shape index (κ2) is 6.61. The predicted molar refractivity (Wildman–Crippen MR) is 89.9 cm³/mol. The number of rotatable bonds is 5. The molecule has 0 saturated heterocycles. The number of halogens is 1. The van der Waals surface area contributed by atoms with Crippen LogP contribution in [0.5, 0.6) is 0 Å². The van der Waals surface area contributed by atoms with Gasteiger partial charge in [0.15, 0.2) is 0 Å². The van der Waals surface area contributed by atoms with Crippen molar-refractivity contribution in [2.45, 2.75) is 44.7 Å². The van der Waals surface area contributed by atoms with Gasteiger partial charge < -0.3 is 5.32 Å². The van der Waals surface area contributed by atoms with Crippen molar-refractivity contribution in [3.05, 3.63) is 43.7 Å². The van der Waals surface area contributed by atoms with Crippen molar-refractivity contribution >= 4 is 34.3 Å². The maximum Gasteiger partial charge on any atom is 0.0931 e. The van der Waals surface area contributed by atoms with Crippen LogP contribution in [-0.4, -0.2) is 0 Å². The van der Waals surface area contributed by atoms with Crippen LogP contribution in [0.2, 0.25) is 4.34 Å². The number of nitrogens with one attached hydrogen (secondary N) is 1. The van der Waals surface area contributed by atoms with Gasteiger partial charge in [-0.3, -0.25) is 0 Å². The van der Waals surface area contributed by atoms with E-state index in [4.69, 9.17) is 11.6 Å². The topological polar surface area (TPSA) is 12.0 Å². The second-order valence-electron chi connectivity index (χ2n) is 5.61. The molecule has 0 radical (unpaired) electrons. The van der Waals surface area contributed by atoms with Gasteiger partial charge in [-0.05, 0) is 54.1 Å². The lowest BCUT2D eigenvalue weighted by molar-refractivity contribution is 0.343. The molecule has 2 heterocycles. The fraction of sp³-hybridized carbons (Fsp3) is 0.500. The van der Waals surface area contributed by atoms with Gasteiger partial charge in [-0.2, -0.15) is 0 Å². The molecule has 1 N–H and O–H groups in total. The van der Waals surface area contributed by atoms with Gasteiger partial charge in [0.25, 0.3) is 0 Å². The summed E-state index contributed by atoms with van der Waals surface area (Å²) in [6.07, 6.45) is 5.47. The molecule has 108 valence electrons. The van der Waals surface area contributed by atoms with E-state index in [0.717, 1.165) is 10.3 Å². The Balaban J connectivity index is 1.76. The van der Waals surface area contributed by atoms with Crippen molar-refractivity contribution in [2.75, 3.05) is 0 Å². The molecule has 0 aliphatic heterocycles. The monoisotopic (exact) mass is 325 g/mol. The van der Waals surface area contributed by atoms with Crippen LogP contribution in [0, 0.1) is 5.92 Å². The molecule has 1 fully saturated rings. The zero-order chi connectivity index (χ0) is 13.9. The normalized spacial score (nSPS) is 19.3. The minimum absolute atomic E-state index is 0.353. The van der Waals surface area contributed by atoms with Crippen molar-refractivity contribution in [2.24, 2.45) is 5.92 Å². The molecule has 2 aromatic rings. The van der Waals surface area contributed by atoms with Crippen LogP contribution in [0.1, 0.15) is 55.1 Å². The van der Waals surface area contributed by atoms with Crippen LogP contribution in [-0.2, 0) is 0 Å². The van der Waals surface area contributed by atoms with Crippen molar-refractivity contribution in [1.29, 1.82) is 0 Å². The summed E-state index contributed by atoms with van der Waals surface area (Å²) >= 11 is 9.55. The third-order valence-corrected chi connectivity index (χ3v) is 6.30. The second-order valence-corrected chi connectivity index (χ2v) is 8.13. The van der Waals surface area contributed by atoms with Crippen LogP contribution < -0.4 is 5.32 Å². The molecule has 20 heavy (non-hydrogen) atoms. The maximum absolute atomic E-state index is 6.06. The summed E-state index contributed by atoms with van der Waals surface area (Å²) in [6.45, 7) is 2.24. The summed E-state index contributed by atoms with van der Waals surface area (Å²) in [7, 11) is 0. The molecular weight excluding hydrogens is 306 g/mol. The molecule has 3 rings (SSSR count). The van der Waals surface area contributed by atoms with Gasteiger partial charge in [0, 0.05) is 17.0 Å². The highest BCUT2D eigenvalue weighted by Gasteiger charge is 2.28. The van der Waals surface area contributed by atoms with E-state index >= 15 is 0 Å². The van der Waals surface area contributed by atoms with Crippen molar-refractivity contribution in [3.63, 3.8) is 0 Å². The summed E-state index contributed by atoms with van der Waals surface area (Å²) in [5, 5.41) is 8.20. The Bertz CT molecular complexity index is 528. The summed E-state index contributed by atoms with van der Waals surface area (Å²) in [5.41, 5.74) is 1.31. The van der Waals surface area contributed by atoms with Gasteiger partial charge in [-0.25, -0.2) is 0 Å². The van der Waals surface area contributed by atoms with Crippen molar-refractivity contribution < 1.29 is 0 Å². The Labute approximate surface area is 134 Å². The fourth-order valence-electron chi connectivity index (χ4n) is 3.13. The van der Waals surface area contributed by atoms with E-state index < -0.39 is 0 Å². The van der Waals surface area contributed by atoms with Crippen molar-refractivity contribution in [3.8, 4) is 0 Å². The van der Waals surface area contributed by atoms with E-state index in [0.29, 0.717) is 12.1 Å². The van der Waals surface area contributed by atoms with E-state index in [2.05, 4.69) is 41.2 Å². The van der Waals surface area contributed by atoms with Gasteiger partial charge in [0.1, 0.15) is 0 Å². The standard InChI is InChI=1S/C16H20ClNS2/c1-11(13-9-15(17)20-10-13)18-16(12-5-2-3-6-12)14-7-4-8-19-14/h4,7-12,16,18H,2-3,5-6H2,1H3. The lowest BCUT2D eigenvalue weighted by atomic mass is 9.95. The average molecular weight is 326 g/mol. The van der Waals surface area contributed by atoms with Crippen molar-refractivity contribution in [1.82, 2.24) is 5.32 Å². The van der Waals surface area contributed by atoms with E-state index in [1.165, 1.54) is 36.1 Å². The molecule has 1 nitrogen and oxygen atoms in total. The predicted octanol–water partition coefficient (Wildman–Crippen LogP) is 6.05. The lowest BCUT2D eigenvalue weighted by Crippen LogP contribution is -2.28. The first-order valence-corrected chi connectivity index (χ1v) is 9.41. The van der Waals surface area contributed by atoms with Gasteiger partial charge in [0.05, 0.1) is 4.34 Å². The first-order chi connectivity index (χ1) is 9.74. The molecule has 2 aromatic heterocycles. The number of hydrogen-bond acceptors (Lipinski definition) is 3. The minimum Gasteiger partial charge on any atom is -0.302 e. The molecule has 0 bridgehead atoms. The van der Waals surface area contributed by atoms with Gasteiger partial charge in [-0.15, -0.1) is 22.7 Å². The van der Waals surface area contributed by atoms with Gasteiger partial charge >= 0.3 is 0 Å². The Morgan fingerprint density at radius 2 is 2.10 bits per heavy atom. The highest BCUT2D eigenvalue weighted by atomic mass is 35.5. The molecule has 0 spiro atoms. The van der Waals surface area contributed by atoms with Crippen LogP contribution >= 0.6 is 34.3 Å². The van der Waals surface area contributed by atoms with Crippen LogP contribution in [0.4, 0.5) is 0 Å². The first-order valence-electron chi connectivity index (χ1n) is 7.27. The molecule has 0 aromatic carbocycles. The van der Waals surface area contributed by atoms with E-state index in [-0.39, 0.29) is 0 Å². The Morgan fingerprint density at radius 3 is 2.70 bits per heavy atom. The summed E-state index contributed by atoms with van der Waals surface area (Å²) in [4.78, 5) is 1.48. The molecule has 2 unspecified atom stereocenters. The Morgan fingerprint density at radius 1 is 1.30 bits per heavy atom. The zero-order valence-corrected chi connectivity index (χ0v) is 14.0. The van der Waals surface area contributed by atoms with E-state index in [1.807, 2.05) is 11.3 Å². The summed E-state index contributed by atoms with van der Waals surface area (Å²) in [6, 6.07) is 7.37. The van der Waals surface area contributed by atoms with E-state index in [9.17, 15) is 0 Å². The quantitative estimate of drug-likeness (QED) is 0.706. The van der Waals surface area contributed by atoms with Crippen LogP contribution in [0.25, 0.3) is 0 Å². The van der Waals surface area contributed by atoms with Crippen LogP contribution in [0.3, 0.4) is 0 Å². The first kappa shape index (κ1) is 14.6. The third-order valence-electron chi connectivity index (χ3n) is 4.24. The molecule has 0 amide bonds. The third kappa shape index (κ3) is 3.28.